The molecule has 72 valence electrons. The SMILES string of the molecule is O[Si]c1cccc2c1[nH]c1ccccc12. The summed E-state index contributed by atoms with van der Waals surface area (Å²) >= 11 is 0. The summed E-state index contributed by atoms with van der Waals surface area (Å²) in [5, 5.41) is 3.38. The maximum Gasteiger partial charge on any atom is 0.267 e. The molecule has 2 radical (unpaired) electrons. The van der Waals surface area contributed by atoms with Gasteiger partial charge in [0.2, 0.25) is 0 Å². The molecule has 0 fully saturated rings. The molecule has 15 heavy (non-hydrogen) atoms. The van der Waals surface area contributed by atoms with Crippen LogP contribution >= 0.6 is 0 Å². The van der Waals surface area contributed by atoms with Crippen molar-refractivity contribution >= 4 is 36.8 Å². The third-order valence-corrected chi connectivity index (χ3v) is 3.32. The van der Waals surface area contributed by atoms with Crippen molar-refractivity contribution in [3.63, 3.8) is 0 Å². The van der Waals surface area contributed by atoms with Gasteiger partial charge in [-0.1, -0.05) is 36.4 Å². The van der Waals surface area contributed by atoms with Gasteiger partial charge < -0.3 is 9.78 Å². The zero-order chi connectivity index (χ0) is 10.3. The van der Waals surface area contributed by atoms with E-state index in [2.05, 4.69) is 23.2 Å². The van der Waals surface area contributed by atoms with E-state index in [4.69, 9.17) is 0 Å². The summed E-state index contributed by atoms with van der Waals surface area (Å²) in [5.74, 6) is 0. The average Bonchev–Trinajstić information content (AvgIpc) is 2.67. The molecule has 2 N–H and O–H groups in total. The van der Waals surface area contributed by atoms with Gasteiger partial charge in [0.15, 0.2) is 0 Å². The van der Waals surface area contributed by atoms with Gasteiger partial charge in [-0.3, -0.25) is 0 Å². The lowest BCUT2D eigenvalue weighted by Gasteiger charge is -1.95. The predicted octanol–water partition coefficient (Wildman–Crippen LogP) is 1.56. The van der Waals surface area contributed by atoms with Crippen LogP contribution in [0.2, 0.25) is 0 Å². The Bertz CT molecular complexity index is 630. The van der Waals surface area contributed by atoms with E-state index in [0.717, 1.165) is 16.2 Å². The summed E-state index contributed by atoms with van der Waals surface area (Å²) in [6.07, 6.45) is 0. The zero-order valence-electron chi connectivity index (χ0n) is 7.99. The van der Waals surface area contributed by atoms with E-state index in [1.165, 1.54) is 10.8 Å². The van der Waals surface area contributed by atoms with Crippen LogP contribution in [0.25, 0.3) is 21.8 Å². The summed E-state index contributed by atoms with van der Waals surface area (Å²) in [4.78, 5) is 12.6. The predicted molar refractivity (Wildman–Crippen MR) is 63.4 cm³/mol. The van der Waals surface area contributed by atoms with Crippen molar-refractivity contribution in [1.82, 2.24) is 4.98 Å². The molecule has 3 heteroatoms. The highest BCUT2D eigenvalue weighted by atomic mass is 28.2. The molecule has 2 nitrogen and oxygen atoms in total. The quantitative estimate of drug-likeness (QED) is 0.589. The molecule has 0 aliphatic heterocycles. The lowest BCUT2D eigenvalue weighted by molar-refractivity contribution is 0.615. The van der Waals surface area contributed by atoms with E-state index >= 15 is 0 Å². The molecule has 3 aromatic rings. The summed E-state index contributed by atoms with van der Waals surface area (Å²) in [6.45, 7) is 0. The molecule has 0 unspecified atom stereocenters. The van der Waals surface area contributed by atoms with Gasteiger partial charge in [0.1, 0.15) is 0 Å². The molecule has 0 aliphatic carbocycles. The normalized spacial score (nSPS) is 11.3. The van der Waals surface area contributed by atoms with E-state index in [1.807, 2.05) is 24.3 Å². The van der Waals surface area contributed by atoms with Crippen LogP contribution in [0.5, 0.6) is 0 Å². The first kappa shape index (κ1) is 8.70. The van der Waals surface area contributed by atoms with Crippen molar-refractivity contribution < 1.29 is 4.80 Å². The van der Waals surface area contributed by atoms with Gasteiger partial charge in [-0.15, -0.1) is 0 Å². The largest absolute Gasteiger partial charge is 0.428 e. The van der Waals surface area contributed by atoms with Gasteiger partial charge in [-0.25, -0.2) is 0 Å². The Morgan fingerprint density at radius 3 is 2.60 bits per heavy atom. The van der Waals surface area contributed by atoms with Crippen molar-refractivity contribution in [2.75, 3.05) is 0 Å². The van der Waals surface area contributed by atoms with Crippen molar-refractivity contribution in [2.45, 2.75) is 0 Å². The van der Waals surface area contributed by atoms with Gasteiger partial charge in [-0.05, 0) is 11.3 Å². The van der Waals surface area contributed by atoms with Crippen molar-refractivity contribution in [2.24, 2.45) is 0 Å². The lowest BCUT2D eigenvalue weighted by atomic mass is 10.1. The number of hydrogen-bond acceptors (Lipinski definition) is 1. The minimum atomic E-state index is -0.163. The van der Waals surface area contributed by atoms with Crippen LogP contribution in [0.1, 0.15) is 0 Å². The number of aromatic amines is 1. The van der Waals surface area contributed by atoms with Crippen LogP contribution in [0.15, 0.2) is 42.5 Å². The molecule has 2 aromatic carbocycles. The number of aromatic nitrogens is 1. The number of fused-ring (bicyclic) bond motifs is 3. The minimum Gasteiger partial charge on any atom is -0.428 e. The van der Waals surface area contributed by atoms with E-state index in [9.17, 15) is 4.80 Å². The Kier molecular flexibility index (Phi) is 1.87. The van der Waals surface area contributed by atoms with Crippen LogP contribution in [0, 0.1) is 0 Å². The second kappa shape index (κ2) is 3.22. The Morgan fingerprint density at radius 1 is 0.933 bits per heavy atom. The third-order valence-electron chi connectivity index (χ3n) is 2.66. The number of rotatable bonds is 1. The Hall–Kier alpha value is -1.58. The lowest BCUT2D eigenvalue weighted by Crippen LogP contribution is -2.13. The highest BCUT2D eigenvalue weighted by molar-refractivity contribution is 6.50. The molecule has 0 atom stereocenters. The Morgan fingerprint density at radius 2 is 1.73 bits per heavy atom. The van der Waals surface area contributed by atoms with Crippen LogP contribution in [-0.4, -0.2) is 19.5 Å². The standard InChI is InChI=1S/C12H9NOSi/c14-15-11-7-3-5-9-8-4-1-2-6-10(8)13-12(9)11/h1-7,13-14H. The molecular weight excluding hydrogens is 202 g/mol. The van der Waals surface area contributed by atoms with Crippen LogP contribution in [0.3, 0.4) is 0 Å². The molecule has 0 bridgehead atoms. The fraction of sp³-hybridized carbons (Fsp3) is 0. The topological polar surface area (TPSA) is 36.0 Å². The molecule has 0 aliphatic rings. The maximum atomic E-state index is 9.27. The fourth-order valence-electron chi connectivity index (χ4n) is 1.97. The summed E-state index contributed by atoms with van der Waals surface area (Å²) < 4.78 is 0. The number of H-pyrrole nitrogens is 1. The first-order valence-electron chi connectivity index (χ1n) is 4.79. The summed E-state index contributed by atoms with van der Waals surface area (Å²) in [5.41, 5.74) is 2.18. The van der Waals surface area contributed by atoms with Crippen LogP contribution in [-0.2, 0) is 0 Å². The number of hydrogen-bond donors (Lipinski definition) is 2. The molecule has 1 aromatic heterocycles. The second-order valence-corrected chi connectivity index (χ2v) is 4.27. The second-order valence-electron chi connectivity index (χ2n) is 3.51. The van der Waals surface area contributed by atoms with Gasteiger partial charge in [0.05, 0.1) is 0 Å². The third kappa shape index (κ3) is 1.21. The monoisotopic (exact) mass is 211 g/mol. The van der Waals surface area contributed by atoms with E-state index in [1.54, 1.807) is 0 Å². The number of nitrogens with one attached hydrogen (secondary N) is 1. The molecule has 0 spiro atoms. The molecular formula is C12H9NOSi. The first-order valence-corrected chi connectivity index (χ1v) is 5.74. The molecule has 0 saturated carbocycles. The van der Waals surface area contributed by atoms with Gasteiger partial charge >= 0.3 is 0 Å². The smallest absolute Gasteiger partial charge is 0.267 e. The average molecular weight is 211 g/mol. The number of para-hydroxylation sites is 2. The molecule has 3 rings (SSSR count). The number of benzene rings is 2. The van der Waals surface area contributed by atoms with Gasteiger partial charge in [0, 0.05) is 21.8 Å². The molecule has 1 heterocycles. The Labute approximate surface area is 89.5 Å². The Balaban J connectivity index is 2.53. The van der Waals surface area contributed by atoms with Gasteiger partial charge in [-0.2, -0.15) is 0 Å². The van der Waals surface area contributed by atoms with E-state index in [0.29, 0.717) is 0 Å². The molecule has 0 saturated heterocycles. The van der Waals surface area contributed by atoms with E-state index < -0.39 is 0 Å². The minimum absolute atomic E-state index is 0.163. The van der Waals surface area contributed by atoms with Crippen molar-refractivity contribution in [3.8, 4) is 0 Å². The highest BCUT2D eigenvalue weighted by Gasteiger charge is 2.06. The zero-order valence-corrected chi connectivity index (χ0v) is 8.99. The van der Waals surface area contributed by atoms with Gasteiger partial charge in [0.25, 0.3) is 9.76 Å². The maximum absolute atomic E-state index is 9.27. The first-order chi connectivity index (χ1) is 7.40. The highest BCUT2D eigenvalue weighted by Crippen LogP contribution is 2.23. The fourth-order valence-corrected chi connectivity index (χ4v) is 2.45. The van der Waals surface area contributed by atoms with Crippen LogP contribution < -0.4 is 5.19 Å². The summed E-state index contributed by atoms with van der Waals surface area (Å²) in [7, 11) is -0.163. The summed E-state index contributed by atoms with van der Waals surface area (Å²) in [6, 6.07) is 14.2. The van der Waals surface area contributed by atoms with E-state index in [-0.39, 0.29) is 9.76 Å². The van der Waals surface area contributed by atoms with Crippen molar-refractivity contribution in [1.29, 1.82) is 0 Å². The molecule has 0 amide bonds. The van der Waals surface area contributed by atoms with Crippen molar-refractivity contribution in [3.05, 3.63) is 42.5 Å². The van der Waals surface area contributed by atoms with Crippen LogP contribution in [0.4, 0.5) is 0 Å².